The maximum atomic E-state index is 12.1. The number of rotatable bonds is 9. The summed E-state index contributed by atoms with van der Waals surface area (Å²) in [6, 6.07) is 15.8. The molecule has 0 fully saturated rings. The highest BCUT2D eigenvalue weighted by Gasteiger charge is 2.08. The zero-order valence-corrected chi connectivity index (χ0v) is 14.1. The van der Waals surface area contributed by atoms with Crippen LogP contribution in [0.3, 0.4) is 0 Å². The molecule has 0 radical (unpaired) electrons. The molecule has 0 unspecified atom stereocenters. The molecule has 2 aromatic carbocycles. The molecular formula is C19H22F2N2O2. The summed E-state index contributed by atoms with van der Waals surface area (Å²) in [4.78, 5) is 14.3. The third-order valence-electron chi connectivity index (χ3n) is 3.74. The zero-order chi connectivity index (χ0) is 18.1. The number of carbonyl (C=O) groups excluding carboxylic acids is 1. The fraction of sp³-hybridized carbons (Fsp3) is 0.316. The predicted octanol–water partition coefficient (Wildman–Crippen LogP) is 3.93. The molecule has 25 heavy (non-hydrogen) atoms. The van der Waals surface area contributed by atoms with Crippen LogP contribution in [-0.4, -0.2) is 32.2 Å². The number of ether oxygens (including phenoxy) is 1. The fourth-order valence-electron chi connectivity index (χ4n) is 2.47. The summed E-state index contributed by atoms with van der Waals surface area (Å²) >= 11 is 0. The first-order valence-electron chi connectivity index (χ1n) is 8.23. The Morgan fingerprint density at radius 1 is 1.12 bits per heavy atom. The van der Waals surface area contributed by atoms with Gasteiger partial charge in [-0.05, 0) is 49.7 Å². The van der Waals surface area contributed by atoms with Gasteiger partial charge in [0.25, 0.3) is 5.91 Å². The van der Waals surface area contributed by atoms with Crippen LogP contribution in [0.25, 0.3) is 0 Å². The first-order chi connectivity index (χ1) is 12.1. The van der Waals surface area contributed by atoms with Gasteiger partial charge in [-0.15, -0.1) is 0 Å². The topological polar surface area (TPSA) is 41.6 Å². The summed E-state index contributed by atoms with van der Waals surface area (Å²) in [6.45, 7) is 1.49. The van der Waals surface area contributed by atoms with E-state index in [0.717, 1.165) is 25.2 Å². The maximum Gasteiger partial charge on any atom is 0.387 e. The van der Waals surface area contributed by atoms with Crippen molar-refractivity contribution in [1.82, 2.24) is 5.32 Å². The summed E-state index contributed by atoms with van der Waals surface area (Å²) < 4.78 is 28.5. The van der Waals surface area contributed by atoms with E-state index in [9.17, 15) is 13.6 Å². The van der Waals surface area contributed by atoms with Gasteiger partial charge in [0.15, 0.2) is 0 Å². The predicted molar refractivity (Wildman–Crippen MR) is 94.4 cm³/mol. The van der Waals surface area contributed by atoms with Crippen molar-refractivity contribution in [3.63, 3.8) is 0 Å². The largest absolute Gasteiger partial charge is 0.435 e. The highest BCUT2D eigenvalue weighted by atomic mass is 19.3. The highest BCUT2D eigenvalue weighted by Crippen LogP contribution is 2.15. The standard InChI is InChI=1S/C19H22F2N2O2/c1-2-23(16-7-4-3-5-8-16)14-6-13-22-18(24)15-9-11-17(12-10-15)25-19(20)21/h3-5,7-12,19H,2,6,13-14H2,1H3,(H,22,24). The summed E-state index contributed by atoms with van der Waals surface area (Å²) in [7, 11) is 0. The normalized spacial score (nSPS) is 10.6. The SMILES string of the molecule is CCN(CCCNC(=O)c1ccc(OC(F)F)cc1)c1ccccc1. The Morgan fingerprint density at radius 3 is 2.40 bits per heavy atom. The van der Waals surface area contributed by atoms with Gasteiger partial charge in [0, 0.05) is 30.9 Å². The monoisotopic (exact) mass is 348 g/mol. The van der Waals surface area contributed by atoms with Crippen LogP contribution in [0.5, 0.6) is 5.75 Å². The van der Waals surface area contributed by atoms with E-state index >= 15 is 0 Å². The first kappa shape index (κ1) is 18.7. The van der Waals surface area contributed by atoms with Gasteiger partial charge in [-0.1, -0.05) is 18.2 Å². The third-order valence-corrected chi connectivity index (χ3v) is 3.74. The molecule has 0 bridgehead atoms. The second-order valence-electron chi connectivity index (χ2n) is 5.43. The van der Waals surface area contributed by atoms with Gasteiger partial charge in [-0.3, -0.25) is 4.79 Å². The van der Waals surface area contributed by atoms with Crippen LogP contribution in [0.2, 0.25) is 0 Å². The van der Waals surface area contributed by atoms with Crippen molar-refractivity contribution in [2.45, 2.75) is 20.0 Å². The maximum absolute atomic E-state index is 12.1. The van der Waals surface area contributed by atoms with Crippen molar-refractivity contribution in [2.75, 3.05) is 24.5 Å². The smallest absolute Gasteiger partial charge is 0.387 e. The molecule has 0 aliphatic rings. The average Bonchev–Trinajstić information content (AvgIpc) is 2.62. The summed E-state index contributed by atoms with van der Waals surface area (Å²) in [5.41, 5.74) is 1.57. The molecule has 1 amide bonds. The molecule has 2 rings (SSSR count). The lowest BCUT2D eigenvalue weighted by atomic mass is 10.2. The number of hydrogen-bond donors (Lipinski definition) is 1. The third kappa shape index (κ3) is 6.06. The van der Waals surface area contributed by atoms with Crippen LogP contribution in [-0.2, 0) is 0 Å². The summed E-state index contributed by atoms with van der Waals surface area (Å²) in [5, 5.41) is 2.84. The van der Waals surface area contributed by atoms with Crippen LogP contribution in [0.4, 0.5) is 14.5 Å². The Labute approximate surface area is 146 Å². The van der Waals surface area contributed by atoms with Crippen LogP contribution >= 0.6 is 0 Å². The highest BCUT2D eigenvalue weighted by molar-refractivity contribution is 5.94. The fourth-order valence-corrected chi connectivity index (χ4v) is 2.47. The lowest BCUT2D eigenvalue weighted by Crippen LogP contribution is -2.29. The molecule has 1 N–H and O–H groups in total. The number of amides is 1. The lowest BCUT2D eigenvalue weighted by molar-refractivity contribution is -0.0498. The van der Waals surface area contributed by atoms with Gasteiger partial charge in [0.1, 0.15) is 5.75 Å². The van der Waals surface area contributed by atoms with Crippen molar-refractivity contribution in [3.8, 4) is 5.75 Å². The number of benzene rings is 2. The Balaban J connectivity index is 1.76. The Morgan fingerprint density at radius 2 is 1.80 bits per heavy atom. The minimum Gasteiger partial charge on any atom is -0.435 e. The van der Waals surface area contributed by atoms with Crippen LogP contribution in [0.15, 0.2) is 54.6 Å². The summed E-state index contributed by atoms with van der Waals surface area (Å²) in [6.07, 6.45) is 0.807. The van der Waals surface area contributed by atoms with Gasteiger partial charge >= 0.3 is 6.61 Å². The van der Waals surface area contributed by atoms with Crippen molar-refractivity contribution < 1.29 is 18.3 Å². The number of hydrogen-bond acceptors (Lipinski definition) is 3. The molecule has 6 heteroatoms. The number of nitrogens with one attached hydrogen (secondary N) is 1. The number of anilines is 1. The molecular weight excluding hydrogens is 326 g/mol. The van der Waals surface area contributed by atoms with Gasteiger partial charge in [-0.25, -0.2) is 0 Å². The van der Waals surface area contributed by atoms with E-state index in [2.05, 4.69) is 34.0 Å². The number of carbonyl (C=O) groups is 1. The van der Waals surface area contributed by atoms with E-state index in [1.807, 2.05) is 18.2 Å². The lowest BCUT2D eigenvalue weighted by Gasteiger charge is -2.23. The van der Waals surface area contributed by atoms with Crippen LogP contribution < -0.4 is 15.0 Å². The van der Waals surface area contributed by atoms with Crippen molar-refractivity contribution >= 4 is 11.6 Å². The van der Waals surface area contributed by atoms with E-state index in [4.69, 9.17) is 0 Å². The van der Waals surface area contributed by atoms with E-state index in [1.165, 1.54) is 24.3 Å². The number of alkyl halides is 2. The van der Waals surface area contributed by atoms with Gasteiger partial charge in [-0.2, -0.15) is 8.78 Å². The zero-order valence-electron chi connectivity index (χ0n) is 14.1. The van der Waals surface area contributed by atoms with E-state index in [-0.39, 0.29) is 11.7 Å². The second kappa shape index (κ2) is 9.61. The number of halogens is 2. The molecule has 0 aromatic heterocycles. The molecule has 0 aliphatic heterocycles. The molecule has 0 atom stereocenters. The average molecular weight is 348 g/mol. The van der Waals surface area contributed by atoms with Crippen molar-refractivity contribution in [1.29, 1.82) is 0 Å². The number of nitrogens with zero attached hydrogens (tertiary/aromatic N) is 1. The van der Waals surface area contributed by atoms with Crippen molar-refractivity contribution in [2.24, 2.45) is 0 Å². The van der Waals surface area contributed by atoms with Crippen LogP contribution in [0, 0.1) is 0 Å². The van der Waals surface area contributed by atoms with Gasteiger partial charge < -0.3 is 15.0 Å². The van der Waals surface area contributed by atoms with Gasteiger partial charge in [0.2, 0.25) is 0 Å². The minimum atomic E-state index is -2.87. The number of para-hydroxylation sites is 1. The Bertz CT molecular complexity index is 648. The van der Waals surface area contributed by atoms with E-state index < -0.39 is 6.61 Å². The molecule has 2 aromatic rings. The minimum absolute atomic E-state index is 0.0352. The second-order valence-corrected chi connectivity index (χ2v) is 5.43. The molecule has 134 valence electrons. The molecule has 0 saturated heterocycles. The molecule has 0 saturated carbocycles. The van der Waals surface area contributed by atoms with E-state index in [1.54, 1.807) is 0 Å². The van der Waals surface area contributed by atoms with Crippen molar-refractivity contribution in [3.05, 3.63) is 60.2 Å². The Kier molecular flexibility index (Phi) is 7.19. The van der Waals surface area contributed by atoms with Gasteiger partial charge in [0.05, 0.1) is 0 Å². The first-order valence-corrected chi connectivity index (χ1v) is 8.23. The van der Waals surface area contributed by atoms with Crippen LogP contribution in [0.1, 0.15) is 23.7 Å². The molecule has 4 nitrogen and oxygen atoms in total. The molecule has 0 spiro atoms. The molecule has 0 heterocycles. The quantitative estimate of drug-likeness (QED) is 0.698. The van der Waals surface area contributed by atoms with E-state index in [0.29, 0.717) is 12.1 Å². The Hall–Kier alpha value is -2.63. The molecule has 0 aliphatic carbocycles. The summed E-state index contributed by atoms with van der Waals surface area (Å²) in [5.74, 6) is -0.195.